The number of Topliss-reactive ketones (excluding diaryl/α,β-unsaturated/α-hetero) is 1. The highest BCUT2D eigenvalue weighted by atomic mass is 35.5. The van der Waals surface area contributed by atoms with Crippen molar-refractivity contribution in [3.8, 4) is 0 Å². The van der Waals surface area contributed by atoms with Gasteiger partial charge in [0.05, 0.1) is 15.3 Å². The molecule has 0 aromatic heterocycles. The third kappa shape index (κ3) is 2.46. The molecule has 0 aromatic rings. The summed E-state index contributed by atoms with van der Waals surface area (Å²) < 4.78 is 15.4. The summed E-state index contributed by atoms with van der Waals surface area (Å²) in [6.45, 7) is 2.79. The average Bonchev–Trinajstić information content (AvgIpc) is 2.91. The Kier molecular flexibility index (Phi) is 4.89. The highest BCUT2D eigenvalue weighted by Crippen LogP contribution is 2.71. The first kappa shape index (κ1) is 21.8. The molecule has 0 radical (unpaired) electrons. The maximum atomic E-state index is 15.4. The molecule has 0 spiro atoms. The van der Waals surface area contributed by atoms with Gasteiger partial charge in [0.1, 0.15) is 18.4 Å². The molecule has 3 saturated carbocycles. The van der Waals surface area contributed by atoms with Crippen LogP contribution in [0, 0.1) is 22.7 Å². The third-order valence-electron chi connectivity index (χ3n) is 8.40. The molecule has 3 fully saturated rings. The molecule has 4 aliphatic rings. The summed E-state index contributed by atoms with van der Waals surface area (Å²) in [4.78, 5) is 23.4. The van der Waals surface area contributed by atoms with Crippen LogP contribution < -0.4 is 0 Å². The van der Waals surface area contributed by atoms with Gasteiger partial charge in [-0.15, -0.1) is 23.2 Å². The zero-order valence-corrected chi connectivity index (χ0v) is 18.5. The Hall–Kier alpha value is -0.460. The van der Waals surface area contributed by atoms with Crippen molar-refractivity contribution in [2.75, 3.05) is 6.61 Å². The molecule has 160 valence electrons. The van der Waals surface area contributed by atoms with E-state index in [1.54, 1.807) is 13.8 Å². The predicted molar refractivity (Wildman–Crippen MR) is 109 cm³/mol. The van der Waals surface area contributed by atoms with Crippen LogP contribution in [-0.2, 0) is 9.59 Å². The SMILES string of the molecule is C[C@]12C=C(Cl)C(=O)C=C1[C@H](F)C[C@H]1[C@@H]3CC[C@](O)(C(=O)CO)[C@@]3(C)C[C@H](Cl)[C@@]12Cl. The molecule has 4 rings (SSSR count). The first-order valence-electron chi connectivity index (χ1n) is 9.85. The molecule has 4 nitrogen and oxygen atoms in total. The van der Waals surface area contributed by atoms with Crippen LogP contribution in [0.25, 0.3) is 0 Å². The van der Waals surface area contributed by atoms with Gasteiger partial charge in [-0.3, -0.25) is 9.59 Å². The molecule has 0 amide bonds. The molecule has 0 bridgehead atoms. The molecule has 8 atom stereocenters. The van der Waals surface area contributed by atoms with Gasteiger partial charge in [0.2, 0.25) is 0 Å². The van der Waals surface area contributed by atoms with Crippen molar-refractivity contribution in [3.63, 3.8) is 0 Å². The molecule has 29 heavy (non-hydrogen) atoms. The number of aliphatic hydroxyl groups excluding tert-OH is 1. The minimum atomic E-state index is -1.73. The molecule has 0 aromatic carbocycles. The molecule has 0 aliphatic heterocycles. The molecule has 2 N–H and O–H groups in total. The lowest BCUT2D eigenvalue weighted by Gasteiger charge is -2.64. The van der Waals surface area contributed by atoms with Gasteiger partial charge in [0, 0.05) is 10.8 Å². The van der Waals surface area contributed by atoms with Crippen LogP contribution in [0.5, 0.6) is 0 Å². The molecular weight excluding hydrogens is 442 g/mol. The molecule has 0 heterocycles. The monoisotopic (exact) mass is 464 g/mol. The van der Waals surface area contributed by atoms with Gasteiger partial charge in [-0.1, -0.05) is 25.4 Å². The largest absolute Gasteiger partial charge is 0.388 e. The van der Waals surface area contributed by atoms with E-state index in [0.717, 1.165) is 0 Å². The topological polar surface area (TPSA) is 74.6 Å². The van der Waals surface area contributed by atoms with E-state index in [9.17, 15) is 19.8 Å². The fraction of sp³-hybridized carbons (Fsp3) is 0.714. The summed E-state index contributed by atoms with van der Waals surface area (Å²) in [5.41, 5.74) is -3.45. The van der Waals surface area contributed by atoms with E-state index in [-0.39, 0.29) is 35.8 Å². The van der Waals surface area contributed by atoms with E-state index in [1.165, 1.54) is 12.2 Å². The van der Waals surface area contributed by atoms with Gasteiger partial charge in [-0.2, -0.15) is 0 Å². The summed E-state index contributed by atoms with van der Waals surface area (Å²) in [7, 11) is 0. The van der Waals surface area contributed by atoms with E-state index >= 15 is 4.39 Å². The summed E-state index contributed by atoms with van der Waals surface area (Å²) in [6, 6.07) is 0. The van der Waals surface area contributed by atoms with E-state index < -0.39 is 56.9 Å². The summed E-state index contributed by atoms with van der Waals surface area (Å²) in [6.07, 6.45) is 2.28. The number of hydrogen-bond acceptors (Lipinski definition) is 4. The molecular formula is C21H24Cl3FO4. The zero-order valence-electron chi connectivity index (χ0n) is 16.2. The molecule has 8 heteroatoms. The Morgan fingerprint density at radius 1 is 1.34 bits per heavy atom. The number of aliphatic hydroxyl groups is 2. The number of fused-ring (bicyclic) bond motifs is 5. The van der Waals surface area contributed by atoms with Gasteiger partial charge >= 0.3 is 0 Å². The number of carbonyl (C=O) groups excluding carboxylic acids is 2. The highest BCUT2D eigenvalue weighted by Gasteiger charge is 2.74. The van der Waals surface area contributed by atoms with Crippen LogP contribution in [0.2, 0.25) is 0 Å². The average molecular weight is 466 g/mol. The van der Waals surface area contributed by atoms with Crippen LogP contribution in [0.1, 0.15) is 39.5 Å². The van der Waals surface area contributed by atoms with Crippen molar-refractivity contribution < 1.29 is 24.2 Å². The quantitative estimate of drug-likeness (QED) is 0.610. The van der Waals surface area contributed by atoms with Gasteiger partial charge in [0.25, 0.3) is 0 Å². The normalized spacial score (nSPS) is 51.5. The lowest BCUT2D eigenvalue weighted by molar-refractivity contribution is -0.162. The molecule has 4 aliphatic carbocycles. The summed E-state index contributed by atoms with van der Waals surface area (Å²) >= 11 is 20.3. The highest BCUT2D eigenvalue weighted by molar-refractivity contribution is 6.45. The maximum absolute atomic E-state index is 15.4. The minimum absolute atomic E-state index is 0.0142. The number of ketones is 2. The molecule has 0 unspecified atom stereocenters. The second-order valence-electron chi connectivity index (χ2n) is 9.41. The van der Waals surface area contributed by atoms with Gasteiger partial charge in [-0.05, 0) is 55.2 Å². The Morgan fingerprint density at radius 3 is 2.62 bits per heavy atom. The van der Waals surface area contributed by atoms with E-state index in [0.29, 0.717) is 6.42 Å². The van der Waals surface area contributed by atoms with Crippen molar-refractivity contribution in [1.82, 2.24) is 0 Å². The number of halogens is 4. The minimum Gasteiger partial charge on any atom is -0.388 e. The zero-order chi connectivity index (χ0) is 21.6. The summed E-state index contributed by atoms with van der Waals surface area (Å²) in [5, 5.41) is 19.9. The maximum Gasteiger partial charge on any atom is 0.196 e. The Morgan fingerprint density at radius 2 is 2.00 bits per heavy atom. The van der Waals surface area contributed by atoms with Crippen LogP contribution >= 0.6 is 34.8 Å². The lowest BCUT2D eigenvalue weighted by Crippen LogP contribution is -2.68. The third-order valence-corrected chi connectivity index (χ3v) is 10.2. The standard InChI is InChI=1S/C21H24Cl3FO4/c1-18-8-16(23)21(24)11(10(18)3-4-20(18,29)17(28)9-26)5-14(25)12-6-15(27)13(22)7-19(12,21)2/h6-7,10-11,14,16,26,29H,3-5,8-9H2,1-2H3/t10-,11-,14+,16-,18-,19-,20-,21-/m0/s1. The van der Waals surface area contributed by atoms with Crippen LogP contribution in [0.4, 0.5) is 4.39 Å². The van der Waals surface area contributed by atoms with Crippen LogP contribution in [-0.4, -0.2) is 50.4 Å². The first-order valence-corrected chi connectivity index (χ1v) is 11.0. The van der Waals surface area contributed by atoms with Gasteiger partial charge < -0.3 is 10.2 Å². The van der Waals surface area contributed by atoms with E-state index in [2.05, 4.69) is 0 Å². The Labute approximate surface area is 184 Å². The lowest BCUT2D eigenvalue weighted by atomic mass is 9.46. The van der Waals surface area contributed by atoms with Crippen molar-refractivity contribution in [2.24, 2.45) is 22.7 Å². The van der Waals surface area contributed by atoms with Crippen molar-refractivity contribution in [2.45, 2.75) is 61.6 Å². The van der Waals surface area contributed by atoms with Crippen molar-refractivity contribution in [1.29, 1.82) is 0 Å². The number of carbonyl (C=O) groups is 2. The smallest absolute Gasteiger partial charge is 0.196 e. The van der Waals surface area contributed by atoms with Crippen molar-refractivity contribution >= 4 is 46.4 Å². The first-order chi connectivity index (χ1) is 13.4. The fourth-order valence-corrected chi connectivity index (χ4v) is 8.25. The number of alkyl halides is 3. The van der Waals surface area contributed by atoms with Crippen LogP contribution in [0.3, 0.4) is 0 Å². The van der Waals surface area contributed by atoms with Gasteiger partial charge in [0.15, 0.2) is 11.6 Å². The summed E-state index contributed by atoms with van der Waals surface area (Å²) in [5.74, 6) is -1.80. The number of rotatable bonds is 2. The second kappa shape index (κ2) is 6.52. The van der Waals surface area contributed by atoms with Crippen molar-refractivity contribution in [3.05, 3.63) is 22.8 Å². The fourth-order valence-electron chi connectivity index (χ4n) is 6.79. The predicted octanol–water partition coefficient (Wildman–Crippen LogP) is 3.68. The second-order valence-corrected chi connectivity index (χ2v) is 11.0. The Bertz CT molecular complexity index is 859. The number of hydrogen-bond donors (Lipinski definition) is 2. The number of allylic oxidation sites excluding steroid dienone is 4. The Balaban J connectivity index is 1.86. The van der Waals surface area contributed by atoms with Crippen LogP contribution in [0.15, 0.2) is 22.8 Å². The van der Waals surface area contributed by atoms with E-state index in [4.69, 9.17) is 34.8 Å². The van der Waals surface area contributed by atoms with E-state index in [1.807, 2.05) is 0 Å². The molecule has 0 saturated heterocycles. The van der Waals surface area contributed by atoms with Gasteiger partial charge in [-0.25, -0.2) is 4.39 Å².